The molecule has 7 heteroatoms. The molecule has 0 aliphatic carbocycles. The number of alkyl halides is 3. The molecule has 0 unspecified atom stereocenters. The number of carbonyl (C=O) groups excluding carboxylic acids is 1. The summed E-state index contributed by atoms with van der Waals surface area (Å²) in [4.78, 5) is 12.3. The lowest BCUT2D eigenvalue weighted by Crippen LogP contribution is -2.08. The molecule has 3 rings (SSSR count). The summed E-state index contributed by atoms with van der Waals surface area (Å²) in [5.41, 5.74) is 1.87. The van der Waals surface area contributed by atoms with Crippen molar-refractivity contribution in [2.45, 2.75) is 46.8 Å². The Morgan fingerprint density at radius 1 is 1.10 bits per heavy atom. The lowest BCUT2D eigenvalue weighted by atomic mass is 9.99. The number of hydrogen-bond donors (Lipinski definition) is 0. The van der Waals surface area contributed by atoms with E-state index < -0.39 is 17.7 Å². The van der Waals surface area contributed by atoms with E-state index in [1.807, 2.05) is 32.0 Å². The summed E-state index contributed by atoms with van der Waals surface area (Å²) >= 11 is 0. The van der Waals surface area contributed by atoms with Crippen molar-refractivity contribution >= 4 is 16.9 Å². The van der Waals surface area contributed by atoms with Crippen molar-refractivity contribution in [3.05, 3.63) is 64.8 Å². The molecule has 3 aromatic rings. The number of rotatable bonds is 5. The minimum absolute atomic E-state index is 0.223. The van der Waals surface area contributed by atoms with Gasteiger partial charge in [0.2, 0.25) is 0 Å². The second kappa shape index (κ2) is 9.78. The molecule has 30 heavy (non-hydrogen) atoms. The van der Waals surface area contributed by atoms with Gasteiger partial charge in [-0.05, 0) is 41.7 Å². The fourth-order valence-corrected chi connectivity index (χ4v) is 3.20. The van der Waals surface area contributed by atoms with Gasteiger partial charge in [-0.15, -0.1) is 0 Å². The van der Waals surface area contributed by atoms with E-state index in [1.54, 1.807) is 4.68 Å². The van der Waals surface area contributed by atoms with Crippen LogP contribution in [0, 0.1) is 5.92 Å². The SMILES string of the molecule is CC.COC(=O)c1nn(CC(C)C)c2cccc(Cc3ccc(C(F)(F)F)cc3)c12. The number of benzene rings is 2. The molecule has 0 aliphatic rings. The van der Waals surface area contributed by atoms with Gasteiger partial charge in [0.15, 0.2) is 5.69 Å². The average molecular weight is 420 g/mol. The van der Waals surface area contributed by atoms with Gasteiger partial charge in [-0.1, -0.05) is 52.0 Å². The topological polar surface area (TPSA) is 44.1 Å². The summed E-state index contributed by atoms with van der Waals surface area (Å²) in [5, 5.41) is 5.12. The summed E-state index contributed by atoms with van der Waals surface area (Å²) < 4.78 is 45.0. The van der Waals surface area contributed by atoms with E-state index in [1.165, 1.54) is 19.2 Å². The predicted molar refractivity (Wildman–Crippen MR) is 112 cm³/mol. The predicted octanol–water partition coefficient (Wildman–Crippen LogP) is 6.11. The molecule has 4 nitrogen and oxygen atoms in total. The molecule has 0 fully saturated rings. The van der Waals surface area contributed by atoms with Crippen LogP contribution in [0.1, 0.15) is 54.9 Å². The van der Waals surface area contributed by atoms with Crippen LogP contribution in [0.3, 0.4) is 0 Å². The lowest BCUT2D eigenvalue weighted by Gasteiger charge is -2.09. The summed E-state index contributed by atoms with van der Waals surface area (Å²) in [5.74, 6) is -0.209. The minimum atomic E-state index is -4.37. The van der Waals surface area contributed by atoms with Crippen LogP contribution in [0.2, 0.25) is 0 Å². The minimum Gasteiger partial charge on any atom is -0.464 e. The van der Waals surface area contributed by atoms with Crippen molar-refractivity contribution in [2.75, 3.05) is 7.11 Å². The Kier molecular flexibility index (Phi) is 7.65. The lowest BCUT2D eigenvalue weighted by molar-refractivity contribution is -0.137. The number of esters is 1. The number of nitrogens with zero attached hydrogens (tertiary/aromatic N) is 2. The largest absolute Gasteiger partial charge is 0.464 e. The highest BCUT2D eigenvalue weighted by Crippen LogP contribution is 2.30. The molecule has 0 bridgehead atoms. The molecule has 2 aromatic carbocycles. The van der Waals surface area contributed by atoms with Gasteiger partial charge in [-0.25, -0.2) is 4.79 Å². The van der Waals surface area contributed by atoms with E-state index in [9.17, 15) is 18.0 Å². The van der Waals surface area contributed by atoms with Crippen LogP contribution < -0.4 is 0 Å². The van der Waals surface area contributed by atoms with Gasteiger partial charge in [-0.2, -0.15) is 18.3 Å². The van der Waals surface area contributed by atoms with Crippen molar-refractivity contribution in [3.8, 4) is 0 Å². The van der Waals surface area contributed by atoms with Crippen molar-refractivity contribution in [3.63, 3.8) is 0 Å². The van der Waals surface area contributed by atoms with E-state index in [2.05, 4.69) is 18.9 Å². The standard InChI is InChI=1S/C21H21F3N2O2.C2H6/c1-13(2)12-26-17-6-4-5-15(18(17)19(25-26)20(27)28-3)11-14-7-9-16(10-8-14)21(22,23)24;1-2/h4-10,13H,11-12H2,1-3H3;1-2H3. The number of ether oxygens (including phenoxy) is 1. The third kappa shape index (κ3) is 5.20. The maximum atomic E-state index is 12.8. The molecule has 0 spiro atoms. The van der Waals surface area contributed by atoms with E-state index >= 15 is 0 Å². The van der Waals surface area contributed by atoms with Crippen LogP contribution in [-0.2, 0) is 23.9 Å². The number of fused-ring (bicyclic) bond motifs is 1. The van der Waals surface area contributed by atoms with Crippen molar-refractivity contribution in [1.82, 2.24) is 9.78 Å². The molecular weight excluding hydrogens is 393 g/mol. The fraction of sp³-hybridized carbons (Fsp3) is 0.391. The smallest absolute Gasteiger partial charge is 0.416 e. The maximum Gasteiger partial charge on any atom is 0.416 e. The van der Waals surface area contributed by atoms with Crippen LogP contribution in [0.4, 0.5) is 13.2 Å². The Bertz CT molecular complexity index is 990. The van der Waals surface area contributed by atoms with E-state index in [-0.39, 0.29) is 5.69 Å². The highest BCUT2D eigenvalue weighted by atomic mass is 19.4. The third-order valence-electron chi connectivity index (χ3n) is 4.46. The van der Waals surface area contributed by atoms with Crippen LogP contribution in [0.25, 0.3) is 10.9 Å². The molecule has 0 aliphatic heterocycles. The Labute approximate surface area is 174 Å². The molecule has 0 N–H and O–H groups in total. The molecule has 0 saturated carbocycles. The van der Waals surface area contributed by atoms with Gasteiger partial charge in [-0.3, -0.25) is 4.68 Å². The summed E-state index contributed by atoms with van der Waals surface area (Å²) in [6.45, 7) is 8.74. The second-order valence-corrected chi connectivity index (χ2v) is 7.10. The van der Waals surface area contributed by atoms with Gasteiger partial charge in [0, 0.05) is 11.9 Å². The molecular formula is C23H27F3N2O2. The summed E-state index contributed by atoms with van der Waals surface area (Å²) in [6.07, 6.45) is -3.98. The second-order valence-electron chi connectivity index (χ2n) is 7.10. The van der Waals surface area contributed by atoms with E-state index in [4.69, 9.17) is 4.74 Å². The first-order chi connectivity index (χ1) is 14.2. The van der Waals surface area contributed by atoms with Gasteiger partial charge >= 0.3 is 12.1 Å². The molecule has 1 heterocycles. The molecule has 0 amide bonds. The monoisotopic (exact) mass is 420 g/mol. The fourth-order valence-electron chi connectivity index (χ4n) is 3.20. The van der Waals surface area contributed by atoms with Gasteiger partial charge < -0.3 is 4.74 Å². The molecule has 162 valence electrons. The van der Waals surface area contributed by atoms with Gasteiger partial charge in [0.1, 0.15) is 0 Å². The Morgan fingerprint density at radius 3 is 2.27 bits per heavy atom. The van der Waals surface area contributed by atoms with Gasteiger partial charge in [0.05, 0.1) is 18.2 Å². The Hall–Kier alpha value is -2.83. The normalized spacial score (nSPS) is 11.4. The Balaban J connectivity index is 0.00000155. The van der Waals surface area contributed by atoms with Crippen molar-refractivity contribution < 1.29 is 22.7 Å². The zero-order valence-corrected chi connectivity index (χ0v) is 17.9. The quantitative estimate of drug-likeness (QED) is 0.468. The zero-order chi connectivity index (χ0) is 22.5. The van der Waals surface area contributed by atoms with Gasteiger partial charge in [0.25, 0.3) is 0 Å². The number of hydrogen-bond acceptors (Lipinski definition) is 3. The van der Waals surface area contributed by atoms with Crippen LogP contribution in [-0.4, -0.2) is 22.9 Å². The highest BCUT2D eigenvalue weighted by molar-refractivity contribution is 6.03. The van der Waals surface area contributed by atoms with E-state index in [0.29, 0.717) is 29.8 Å². The first-order valence-corrected chi connectivity index (χ1v) is 9.93. The number of carbonyl (C=O) groups is 1. The number of methoxy groups -OCH3 is 1. The summed E-state index contributed by atoms with van der Waals surface area (Å²) in [6, 6.07) is 10.6. The van der Waals surface area contributed by atoms with Crippen LogP contribution in [0.5, 0.6) is 0 Å². The molecule has 1 aromatic heterocycles. The first kappa shape index (κ1) is 23.4. The molecule has 0 radical (unpaired) electrons. The van der Waals surface area contributed by atoms with Crippen molar-refractivity contribution in [1.29, 1.82) is 0 Å². The highest BCUT2D eigenvalue weighted by Gasteiger charge is 2.30. The van der Waals surface area contributed by atoms with Crippen LogP contribution in [0.15, 0.2) is 42.5 Å². The first-order valence-electron chi connectivity index (χ1n) is 9.93. The maximum absolute atomic E-state index is 12.8. The van der Waals surface area contributed by atoms with Crippen molar-refractivity contribution in [2.24, 2.45) is 5.92 Å². The average Bonchev–Trinajstić information content (AvgIpc) is 3.07. The molecule has 0 atom stereocenters. The number of halogens is 3. The third-order valence-corrected chi connectivity index (χ3v) is 4.46. The van der Waals surface area contributed by atoms with E-state index in [0.717, 1.165) is 23.2 Å². The van der Waals surface area contributed by atoms with Crippen LogP contribution >= 0.6 is 0 Å². The number of aromatic nitrogens is 2. The Morgan fingerprint density at radius 2 is 1.73 bits per heavy atom. The summed E-state index contributed by atoms with van der Waals surface area (Å²) in [7, 11) is 1.30. The zero-order valence-electron chi connectivity index (χ0n) is 17.9. The molecule has 0 saturated heterocycles.